The molecular weight excluding hydrogens is 522 g/mol. The van der Waals surface area contributed by atoms with Crippen LogP contribution in [0.4, 0.5) is 5.69 Å². The van der Waals surface area contributed by atoms with Crippen molar-refractivity contribution in [1.82, 2.24) is 10.2 Å². The van der Waals surface area contributed by atoms with E-state index in [1.165, 1.54) is 17.0 Å². The number of nitrogens with one attached hydrogen (secondary N) is 1. The Balaban J connectivity index is 2.09. The smallest absolute Gasteiger partial charge is 0.264 e. The third-order valence-corrected chi connectivity index (χ3v) is 8.69. The van der Waals surface area contributed by atoms with Gasteiger partial charge in [0.05, 0.1) is 10.6 Å². The molecule has 0 saturated carbocycles. The molecule has 0 aromatic heterocycles. The number of carbonyl (C=O) groups excluding carboxylic acids is 2. The lowest BCUT2D eigenvalue weighted by molar-refractivity contribution is -0.139. The molecule has 9 heteroatoms. The van der Waals surface area contributed by atoms with Gasteiger partial charge in [0.1, 0.15) is 12.6 Å². The van der Waals surface area contributed by atoms with Crippen molar-refractivity contribution in [1.29, 1.82) is 0 Å². The van der Waals surface area contributed by atoms with Crippen LogP contribution < -0.4 is 9.62 Å². The summed E-state index contributed by atoms with van der Waals surface area (Å²) in [4.78, 5) is 28.2. The largest absolute Gasteiger partial charge is 0.355 e. The first kappa shape index (κ1) is 29.2. The Bertz CT molecular complexity index is 1410. The van der Waals surface area contributed by atoms with Gasteiger partial charge < -0.3 is 10.2 Å². The Hall–Kier alpha value is -3.36. The molecule has 0 aliphatic carbocycles. The average molecular weight is 556 g/mol. The highest BCUT2D eigenvalue weighted by Crippen LogP contribution is 2.29. The SMILES string of the molecule is CCNC(=O)[C@H](C)N(Cc1ccccc1Cl)C(=O)CN(c1cccc(C)c1C)S(=O)(=O)c1ccc(C)cc1. The van der Waals surface area contributed by atoms with Gasteiger partial charge in [-0.2, -0.15) is 0 Å². The summed E-state index contributed by atoms with van der Waals surface area (Å²) in [6.07, 6.45) is 0. The Labute approximate surface area is 230 Å². The molecule has 0 spiro atoms. The molecule has 0 unspecified atom stereocenters. The fraction of sp³-hybridized carbons (Fsp3) is 0.310. The van der Waals surface area contributed by atoms with Crippen LogP contribution in [0.25, 0.3) is 0 Å². The minimum Gasteiger partial charge on any atom is -0.355 e. The van der Waals surface area contributed by atoms with Crippen LogP contribution in [0, 0.1) is 20.8 Å². The fourth-order valence-electron chi connectivity index (χ4n) is 4.07. The molecule has 3 aromatic carbocycles. The van der Waals surface area contributed by atoms with Crippen LogP contribution in [0.1, 0.15) is 36.1 Å². The van der Waals surface area contributed by atoms with Crippen LogP contribution in [0.5, 0.6) is 0 Å². The molecule has 3 rings (SSSR count). The van der Waals surface area contributed by atoms with E-state index in [0.29, 0.717) is 22.8 Å². The number of amides is 2. The van der Waals surface area contributed by atoms with Gasteiger partial charge in [0, 0.05) is 18.1 Å². The van der Waals surface area contributed by atoms with Gasteiger partial charge in [-0.3, -0.25) is 13.9 Å². The molecular formula is C29H34ClN3O4S. The zero-order valence-electron chi connectivity index (χ0n) is 22.4. The summed E-state index contributed by atoms with van der Waals surface area (Å²) in [5.74, 6) is -0.868. The molecule has 0 heterocycles. The lowest BCUT2D eigenvalue weighted by Gasteiger charge is -2.32. The van der Waals surface area contributed by atoms with Gasteiger partial charge in [-0.05, 0) is 75.6 Å². The monoisotopic (exact) mass is 555 g/mol. The highest BCUT2D eigenvalue weighted by molar-refractivity contribution is 7.92. The number of likely N-dealkylation sites (N-methyl/N-ethyl adjacent to an activating group) is 1. The van der Waals surface area contributed by atoms with Gasteiger partial charge in [-0.15, -0.1) is 0 Å². The van der Waals surface area contributed by atoms with Crippen molar-refractivity contribution >= 4 is 39.1 Å². The number of halogens is 1. The number of hydrogen-bond acceptors (Lipinski definition) is 4. The Morgan fingerprint density at radius 2 is 1.61 bits per heavy atom. The summed E-state index contributed by atoms with van der Waals surface area (Å²) in [6.45, 7) is 8.95. The van der Waals surface area contributed by atoms with Gasteiger partial charge in [-0.1, -0.05) is 59.6 Å². The summed E-state index contributed by atoms with van der Waals surface area (Å²) >= 11 is 6.38. The highest BCUT2D eigenvalue weighted by atomic mass is 35.5. The second kappa shape index (κ2) is 12.5. The molecule has 1 N–H and O–H groups in total. The zero-order chi connectivity index (χ0) is 28.0. The van der Waals surface area contributed by atoms with Gasteiger partial charge in [0.25, 0.3) is 10.0 Å². The molecule has 7 nitrogen and oxygen atoms in total. The summed E-state index contributed by atoms with van der Waals surface area (Å²) in [7, 11) is -4.12. The molecule has 2 amide bonds. The van der Waals surface area contributed by atoms with Gasteiger partial charge in [0.2, 0.25) is 11.8 Å². The van der Waals surface area contributed by atoms with Crippen molar-refractivity contribution < 1.29 is 18.0 Å². The molecule has 1 atom stereocenters. The maximum absolute atomic E-state index is 13.9. The van der Waals surface area contributed by atoms with Crippen LogP contribution in [0.2, 0.25) is 5.02 Å². The molecule has 0 fully saturated rings. The van der Waals surface area contributed by atoms with E-state index in [1.54, 1.807) is 62.4 Å². The van der Waals surface area contributed by atoms with E-state index in [2.05, 4.69) is 5.32 Å². The van der Waals surface area contributed by atoms with E-state index in [9.17, 15) is 18.0 Å². The zero-order valence-corrected chi connectivity index (χ0v) is 23.9. The molecule has 0 radical (unpaired) electrons. The van der Waals surface area contributed by atoms with Crippen molar-refractivity contribution in [3.63, 3.8) is 0 Å². The number of rotatable bonds is 10. The fourth-order valence-corrected chi connectivity index (χ4v) is 5.74. The van der Waals surface area contributed by atoms with Crippen molar-refractivity contribution in [2.45, 2.75) is 52.1 Å². The summed E-state index contributed by atoms with van der Waals surface area (Å²) < 4.78 is 29.0. The summed E-state index contributed by atoms with van der Waals surface area (Å²) in [5.41, 5.74) is 3.61. The predicted octanol–water partition coefficient (Wildman–Crippen LogP) is 5.01. The van der Waals surface area contributed by atoms with E-state index in [4.69, 9.17) is 11.6 Å². The second-order valence-electron chi connectivity index (χ2n) is 9.23. The molecule has 38 heavy (non-hydrogen) atoms. The van der Waals surface area contributed by atoms with Gasteiger partial charge in [-0.25, -0.2) is 8.42 Å². The number of anilines is 1. The molecule has 0 saturated heterocycles. The minimum absolute atomic E-state index is 0.0437. The predicted molar refractivity (Wildman–Crippen MR) is 152 cm³/mol. The number of hydrogen-bond donors (Lipinski definition) is 1. The summed E-state index contributed by atoms with van der Waals surface area (Å²) in [5, 5.41) is 3.20. The maximum Gasteiger partial charge on any atom is 0.264 e. The van der Waals surface area contributed by atoms with Crippen molar-refractivity contribution in [3.8, 4) is 0 Å². The molecule has 202 valence electrons. The third-order valence-electron chi connectivity index (χ3n) is 6.55. The topological polar surface area (TPSA) is 86.8 Å². The minimum atomic E-state index is -4.12. The van der Waals surface area contributed by atoms with E-state index in [-0.39, 0.29) is 17.3 Å². The maximum atomic E-state index is 13.9. The second-order valence-corrected chi connectivity index (χ2v) is 11.5. The number of sulfonamides is 1. The van der Waals surface area contributed by atoms with E-state index in [0.717, 1.165) is 21.0 Å². The normalized spacial score (nSPS) is 12.1. The Morgan fingerprint density at radius 1 is 0.947 bits per heavy atom. The standard InChI is InChI=1S/C29H34ClN3O4S/c1-6-31-29(35)23(5)32(18-24-11-7-8-12-26(24)30)28(34)19-33(27-13-9-10-21(3)22(27)4)38(36,37)25-16-14-20(2)15-17-25/h7-17,23H,6,18-19H2,1-5H3,(H,31,35)/t23-/m0/s1. The highest BCUT2D eigenvalue weighted by Gasteiger charge is 2.33. The van der Waals surface area contributed by atoms with Crippen molar-refractivity contribution in [2.24, 2.45) is 0 Å². The number of benzene rings is 3. The van der Waals surface area contributed by atoms with Crippen LogP contribution in [-0.2, 0) is 26.2 Å². The van der Waals surface area contributed by atoms with E-state index < -0.39 is 28.5 Å². The summed E-state index contributed by atoms with van der Waals surface area (Å²) in [6, 6.07) is 18.0. The first-order valence-corrected chi connectivity index (χ1v) is 14.2. The van der Waals surface area contributed by atoms with E-state index >= 15 is 0 Å². The quantitative estimate of drug-likeness (QED) is 0.381. The van der Waals surface area contributed by atoms with Gasteiger partial charge >= 0.3 is 0 Å². The van der Waals surface area contributed by atoms with Crippen molar-refractivity contribution in [2.75, 3.05) is 17.4 Å². The molecule has 0 aliphatic rings. The average Bonchev–Trinajstić information content (AvgIpc) is 2.88. The van der Waals surface area contributed by atoms with Crippen LogP contribution in [0.15, 0.2) is 71.6 Å². The third kappa shape index (κ3) is 6.55. The first-order valence-electron chi connectivity index (χ1n) is 12.4. The number of nitrogens with zero attached hydrogens (tertiary/aromatic N) is 2. The first-order chi connectivity index (χ1) is 18.0. The Kier molecular flexibility index (Phi) is 9.57. The van der Waals surface area contributed by atoms with Crippen LogP contribution in [0.3, 0.4) is 0 Å². The molecule has 0 aliphatic heterocycles. The Morgan fingerprint density at radius 3 is 2.24 bits per heavy atom. The molecule has 3 aromatic rings. The van der Waals surface area contributed by atoms with Gasteiger partial charge in [0.15, 0.2) is 0 Å². The molecule has 0 bridgehead atoms. The lowest BCUT2D eigenvalue weighted by atomic mass is 10.1. The van der Waals surface area contributed by atoms with Crippen molar-refractivity contribution in [3.05, 3.63) is 94.0 Å². The van der Waals surface area contributed by atoms with E-state index in [1.807, 2.05) is 26.8 Å². The number of carbonyl (C=O) groups is 2. The lowest BCUT2D eigenvalue weighted by Crippen LogP contribution is -2.51. The van der Waals surface area contributed by atoms with Crippen LogP contribution >= 0.6 is 11.6 Å². The van der Waals surface area contributed by atoms with Crippen LogP contribution in [-0.4, -0.2) is 44.3 Å². The number of aryl methyl sites for hydroxylation is 2.